The fourth-order valence-electron chi connectivity index (χ4n) is 1.82. The number of aromatic nitrogens is 2. The van der Waals surface area contributed by atoms with Gasteiger partial charge in [0, 0.05) is 38.5 Å². The fraction of sp³-hybridized carbons (Fsp3) is 0.308. The summed E-state index contributed by atoms with van der Waals surface area (Å²) in [5.74, 6) is -0.550. The number of hydrogen-bond donors (Lipinski definition) is 1. The Morgan fingerprint density at radius 2 is 2.29 bits per heavy atom. The maximum Gasteiger partial charge on any atom is 0.295 e. The Balaban J connectivity index is 2.17. The molecule has 0 bridgehead atoms. The van der Waals surface area contributed by atoms with Gasteiger partial charge in [0.25, 0.3) is 5.69 Å². The first kappa shape index (κ1) is 15.1. The fourth-order valence-corrected chi connectivity index (χ4v) is 1.82. The molecule has 0 unspecified atom stereocenters. The Labute approximate surface area is 120 Å². The summed E-state index contributed by atoms with van der Waals surface area (Å²) in [5, 5.41) is 18.3. The van der Waals surface area contributed by atoms with Gasteiger partial charge in [0.05, 0.1) is 17.2 Å². The minimum absolute atomic E-state index is 0.100. The molecule has 0 saturated heterocycles. The number of rotatable bonds is 7. The number of nitrogens with one attached hydrogen (secondary N) is 1. The molecule has 1 N–H and O–H groups in total. The monoisotopic (exact) mass is 294 g/mol. The van der Waals surface area contributed by atoms with E-state index in [2.05, 4.69) is 10.4 Å². The van der Waals surface area contributed by atoms with Crippen molar-refractivity contribution in [3.63, 3.8) is 0 Å². The molecule has 0 aliphatic carbocycles. The van der Waals surface area contributed by atoms with E-state index in [0.717, 1.165) is 18.2 Å². The lowest BCUT2D eigenvalue weighted by molar-refractivity contribution is -0.384. The van der Waals surface area contributed by atoms with E-state index >= 15 is 0 Å². The number of nitro benzene ring substituents is 1. The molecule has 0 aliphatic heterocycles. The molecule has 7 nitrogen and oxygen atoms in total. The van der Waals surface area contributed by atoms with Crippen LogP contribution >= 0.6 is 0 Å². The highest BCUT2D eigenvalue weighted by Gasteiger charge is 2.17. The SMILES string of the molecule is COCCNCc1ccn(-c2cc(F)ccc2[N+](=O)[O-])n1. The second kappa shape index (κ2) is 6.91. The standard InChI is InChI=1S/C13H15FN4O3/c1-21-7-5-15-9-11-4-6-17(16-11)13-8-10(14)2-3-12(13)18(19)20/h2-4,6,8,15H,5,7,9H2,1H3. The van der Waals surface area contributed by atoms with Crippen LogP contribution in [0, 0.1) is 15.9 Å². The van der Waals surface area contributed by atoms with Gasteiger partial charge >= 0.3 is 0 Å². The first-order valence-corrected chi connectivity index (χ1v) is 6.30. The average molecular weight is 294 g/mol. The number of nitro groups is 1. The van der Waals surface area contributed by atoms with Gasteiger partial charge in [-0.25, -0.2) is 9.07 Å². The van der Waals surface area contributed by atoms with E-state index in [4.69, 9.17) is 4.74 Å². The minimum atomic E-state index is -0.563. The molecule has 21 heavy (non-hydrogen) atoms. The Morgan fingerprint density at radius 1 is 1.48 bits per heavy atom. The zero-order valence-corrected chi connectivity index (χ0v) is 11.5. The Morgan fingerprint density at radius 3 is 3.00 bits per heavy atom. The van der Waals surface area contributed by atoms with Gasteiger partial charge in [0.15, 0.2) is 0 Å². The highest BCUT2D eigenvalue weighted by molar-refractivity contribution is 5.51. The van der Waals surface area contributed by atoms with Gasteiger partial charge in [-0.1, -0.05) is 0 Å². The molecule has 1 heterocycles. The predicted molar refractivity (Wildman–Crippen MR) is 73.8 cm³/mol. The topological polar surface area (TPSA) is 82.2 Å². The molecule has 0 atom stereocenters. The minimum Gasteiger partial charge on any atom is -0.383 e. The first-order chi connectivity index (χ1) is 10.1. The largest absolute Gasteiger partial charge is 0.383 e. The lowest BCUT2D eigenvalue weighted by Gasteiger charge is -2.03. The van der Waals surface area contributed by atoms with Crippen molar-refractivity contribution in [2.24, 2.45) is 0 Å². The third kappa shape index (κ3) is 3.83. The molecular weight excluding hydrogens is 279 g/mol. The zero-order valence-electron chi connectivity index (χ0n) is 11.5. The van der Waals surface area contributed by atoms with Crippen molar-refractivity contribution in [2.75, 3.05) is 20.3 Å². The van der Waals surface area contributed by atoms with Gasteiger partial charge in [-0.3, -0.25) is 10.1 Å². The Kier molecular flexibility index (Phi) is 4.96. The summed E-state index contributed by atoms with van der Waals surface area (Å²) >= 11 is 0. The van der Waals surface area contributed by atoms with E-state index in [1.165, 1.54) is 4.68 Å². The maximum absolute atomic E-state index is 13.3. The lowest BCUT2D eigenvalue weighted by Crippen LogP contribution is -2.18. The van der Waals surface area contributed by atoms with Crippen molar-refractivity contribution in [3.05, 3.63) is 52.1 Å². The van der Waals surface area contributed by atoms with Crippen molar-refractivity contribution in [3.8, 4) is 5.69 Å². The summed E-state index contributed by atoms with van der Waals surface area (Å²) in [4.78, 5) is 10.4. The average Bonchev–Trinajstić information content (AvgIpc) is 2.92. The Bertz CT molecular complexity index is 630. The summed E-state index contributed by atoms with van der Waals surface area (Å²) in [6.45, 7) is 1.75. The van der Waals surface area contributed by atoms with Gasteiger partial charge in [-0.05, 0) is 12.1 Å². The van der Waals surface area contributed by atoms with Crippen molar-refractivity contribution in [1.82, 2.24) is 15.1 Å². The van der Waals surface area contributed by atoms with Crippen LogP contribution in [-0.2, 0) is 11.3 Å². The van der Waals surface area contributed by atoms with Gasteiger partial charge in [0.2, 0.25) is 0 Å². The molecule has 0 amide bonds. The van der Waals surface area contributed by atoms with Crippen LogP contribution in [0.25, 0.3) is 5.69 Å². The van der Waals surface area contributed by atoms with Gasteiger partial charge in [-0.2, -0.15) is 5.10 Å². The van der Waals surface area contributed by atoms with Crippen LogP contribution in [0.15, 0.2) is 30.5 Å². The zero-order chi connectivity index (χ0) is 15.2. The van der Waals surface area contributed by atoms with Gasteiger partial charge in [-0.15, -0.1) is 0 Å². The summed E-state index contributed by atoms with van der Waals surface area (Å²) < 4.78 is 19.5. The van der Waals surface area contributed by atoms with Crippen molar-refractivity contribution in [1.29, 1.82) is 0 Å². The number of benzene rings is 1. The molecule has 0 aliphatic rings. The van der Waals surface area contributed by atoms with Gasteiger partial charge in [0.1, 0.15) is 11.5 Å². The molecule has 0 spiro atoms. The van der Waals surface area contributed by atoms with E-state index in [0.29, 0.717) is 25.4 Å². The molecule has 0 saturated carbocycles. The molecule has 2 aromatic rings. The summed E-state index contributed by atoms with van der Waals surface area (Å²) in [5.41, 5.74) is 0.603. The van der Waals surface area contributed by atoms with Crippen LogP contribution in [0.5, 0.6) is 0 Å². The molecule has 112 valence electrons. The van der Waals surface area contributed by atoms with Crippen molar-refractivity contribution in [2.45, 2.75) is 6.54 Å². The number of ether oxygens (including phenoxy) is 1. The normalized spacial score (nSPS) is 10.8. The van der Waals surface area contributed by atoms with Crippen LogP contribution in [0.1, 0.15) is 5.69 Å². The molecule has 0 radical (unpaired) electrons. The highest BCUT2D eigenvalue weighted by Crippen LogP contribution is 2.23. The second-order valence-corrected chi connectivity index (χ2v) is 4.31. The van der Waals surface area contributed by atoms with Gasteiger partial charge < -0.3 is 10.1 Å². The molecule has 0 fully saturated rings. The van der Waals surface area contributed by atoms with E-state index in [1.54, 1.807) is 19.4 Å². The van der Waals surface area contributed by atoms with E-state index in [1.807, 2.05) is 0 Å². The summed E-state index contributed by atoms with van der Waals surface area (Å²) in [7, 11) is 1.61. The van der Waals surface area contributed by atoms with Crippen molar-refractivity contribution >= 4 is 5.69 Å². The number of hydrogen-bond acceptors (Lipinski definition) is 5. The summed E-state index contributed by atoms with van der Waals surface area (Å²) in [6, 6.07) is 4.99. The van der Waals surface area contributed by atoms with E-state index < -0.39 is 10.7 Å². The van der Waals surface area contributed by atoms with Crippen LogP contribution in [-0.4, -0.2) is 35.0 Å². The van der Waals surface area contributed by atoms with Crippen LogP contribution in [0.4, 0.5) is 10.1 Å². The Hall–Kier alpha value is -2.32. The van der Waals surface area contributed by atoms with Crippen molar-refractivity contribution < 1.29 is 14.1 Å². The lowest BCUT2D eigenvalue weighted by atomic mass is 10.2. The van der Waals surface area contributed by atoms with Crippen LogP contribution in [0.3, 0.4) is 0 Å². The summed E-state index contributed by atoms with van der Waals surface area (Å²) in [6.07, 6.45) is 1.56. The molecule has 1 aromatic heterocycles. The number of halogens is 1. The number of methoxy groups -OCH3 is 1. The van der Waals surface area contributed by atoms with Crippen LogP contribution < -0.4 is 5.32 Å². The quantitative estimate of drug-likeness (QED) is 0.477. The molecule has 8 heteroatoms. The molecule has 2 rings (SSSR count). The van der Waals surface area contributed by atoms with Crippen LogP contribution in [0.2, 0.25) is 0 Å². The number of nitrogens with zero attached hydrogens (tertiary/aromatic N) is 3. The highest BCUT2D eigenvalue weighted by atomic mass is 19.1. The van der Waals surface area contributed by atoms with E-state index in [-0.39, 0.29) is 11.4 Å². The predicted octanol–water partition coefficient (Wildman–Crippen LogP) is 1.66. The van der Waals surface area contributed by atoms with E-state index in [9.17, 15) is 14.5 Å². The third-order valence-electron chi connectivity index (χ3n) is 2.81. The first-order valence-electron chi connectivity index (χ1n) is 6.30. The third-order valence-corrected chi connectivity index (χ3v) is 2.81. The second-order valence-electron chi connectivity index (χ2n) is 4.31. The molecule has 1 aromatic carbocycles. The smallest absolute Gasteiger partial charge is 0.295 e. The molecular formula is C13H15FN4O3. The maximum atomic E-state index is 13.3.